The summed E-state index contributed by atoms with van der Waals surface area (Å²) in [6.45, 7) is 5.93. The molecule has 3 N–H and O–H groups in total. The molecule has 1 aromatic rings. The van der Waals surface area contributed by atoms with Crippen LogP contribution in [0.15, 0.2) is 24.3 Å². The Morgan fingerprint density at radius 3 is 2.48 bits per heavy atom. The number of aromatic hydroxyl groups is 1. The van der Waals surface area contributed by atoms with E-state index in [9.17, 15) is 14.7 Å². The fourth-order valence-corrected chi connectivity index (χ4v) is 3.25. The van der Waals surface area contributed by atoms with Crippen molar-refractivity contribution in [2.75, 3.05) is 19.6 Å². The summed E-state index contributed by atoms with van der Waals surface area (Å²) >= 11 is 0. The maximum Gasteiger partial charge on any atom is 0.321 e. The Balaban J connectivity index is 1.72. The summed E-state index contributed by atoms with van der Waals surface area (Å²) in [6, 6.07) is 6.68. The van der Waals surface area contributed by atoms with E-state index in [-0.39, 0.29) is 11.9 Å². The zero-order valence-electron chi connectivity index (χ0n) is 15.1. The van der Waals surface area contributed by atoms with Crippen LogP contribution in [0.1, 0.15) is 38.7 Å². The summed E-state index contributed by atoms with van der Waals surface area (Å²) in [7, 11) is 0. The van der Waals surface area contributed by atoms with Crippen molar-refractivity contribution in [3.63, 3.8) is 0 Å². The first-order valence-corrected chi connectivity index (χ1v) is 9.10. The highest BCUT2D eigenvalue weighted by molar-refractivity contribution is 5.96. The third-order valence-electron chi connectivity index (χ3n) is 4.93. The zero-order valence-corrected chi connectivity index (χ0v) is 15.1. The van der Waals surface area contributed by atoms with Crippen molar-refractivity contribution in [1.29, 1.82) is 0 Å². The van der Waals surface area contributed by atoms with Gasteiger partial charge in [-0.3, -0.25) is 15.0 Å². The first kappa shape index (κ1) is 19.2. The number of aryl methyl sites for hydroxylation is 1. The van der Waals surface area contributed by atoms with Gasteiger partial charge in [-0.25, -0.2) is 4.79 Å². The fraction of sp³-hybridized carbons (Fsp3) is 0.579. The Hall–Kier alpha value is -2.08. The quantitative estimate of drug-likeness (QED) is 0.737. The second-order valence-electron chi connectivity index (χ2n) is 6.71. The molecule has 1 fully saturated rings. The largest absolute Gasteiger partial charge is 0.508 e. The molecule has 6 heteroatoms. The molecule has 3 amide bonds. The highest BCUT2D eigenvalue weighted by atomic mass is 16.3. The molecule has 1 heterocycles. The lowest BCUT2D eigenvalue weighted by Gasteiger charge is -2.35. The predicted octanol–water partition coefficient (Wildman–Crippen LogP) is 2.27. The second-order valence-corrected chi connectivity index (χ2v) is 6.71. The Bertz CT molecular complexity index is 566. The lowest BCUT2D eigenvalue weighted by atomic mass is 9.90. The number of likely N-dealkylation sites (tertiary alicyclic amines) is 1. The average Bonchev–Trinajstić information content (AvgIpc) is 2.61. The van der Waals surface area contributed by atoms with Crippen molar-refractivity contribution in [1.82, 2.24) is 15.5 Å². The number of phenolic OH excluding ortho intramolecular Hbond substituents is 1. The van der Waals surface area contributed by atoms with E-state index in [1.165, 1.54) is 5.56 Å². The van der Waals surface area contributed by atoms with Crippen molar-refractivity contribution >= 4 is 11.9 Å². The molecule has 1 aliphatic rings. The van der Waals surface area contributed by atoms with Gasteiger partial charge in [0.25, 0.3) is 0 Å². The van der Waals surface area contributed by atoms with E-state index in [1.807, 2.05) is 26.0 Å². The summed E-state index contributed by atoms with van der Waals surface area (Å²) in [5.41, 5.74) is 1.25. The van der Waals surface area contributed by atoms with Crippen LogP contribution in [0.5, 0.6) is 5.75 Å². The van der Waals surface area contributed by atoms with Gasteiger partial charge in [-0.1, -0.05) is 12.1 Å². The Morgan fingerprint density at radius 1 is 1.24 bits per heavy atom. The van der Waals surface area contributed by atoms with Crippen molar-refractivity contribution in [2.45, 2.75) is 45.6 Å². The number of hydrogen-bond acceptors (Lipinski definition) is 4. The molecule has 0 saturated carbocycles. The number of carbonyl (C=O) groups is 2. The average molecular weight is 347 g/mol. The molecule has 2 rings (SSSR count). The molecule has 1 aromatic carbocycles. The fourth-order valence-electron chi connectivity index (χ4n) is 3.25. The molecule has 1 saturated heterocycles. The van der Waals surface area contributed by atoms with E-state index in [4.69, 9.17) is 0 Å². The van der Waals surface area contributed by atoms with Gasteiger partial charge in [0, 0.05) is 6.54 Å². The maximum absolute atomic E-state index is 12.1. The molecule has 0 unspecified atom stereocenters. The zero-order chi connectivity index (χ0) is 18.2. The molecule has 0 aliphatic carbocycles. The van der Waals surface area contributed by atoms with Gasteiger partial charge in [-0.15, -0.1) is 0 Å². The van der Waals surface area contributed by atoms with Crippen LogP contribution in [0.3, 0.4) is 0 Å². The first-order valence-electron chi connectivity index (χ1n) is 9.10. The number of amides is 3. The summed E-state index contributed by atoms with van der Waals surface area (Å²) in [6.07, 6.45) is 4.27. The van der Waals surface area contributed by atoms with Gasteiger partial charge < -0.3 is 10.4 Å². The number of imide groups is 1. The van der Waals surface area contributed by atoms with Crippen LogP contribution in [0.25, 0.3) is 0 Å². The molecule has 6 nitrogen and oxygen atoms in total. The molecule has 1 atom stereocenters. The van der Waals surface area contributed by atoms with Crippen molar-refractivity contribution < 1.29 is 14.7 Å². The summed E-state index contributed by atoms with van der Waals surface area (Å²) < 4.78 is 0. The SMILES string of the molecule is CCNC(=O)NC(=O)[C@@H](C)N1CCC(CCc2ccc(O)cc2)CC1. The molecule has 25 heavy (non-hydrogen) atoms. The number of rotatable bonds is 6. The molecular weight excluding hydrogens is 318 g/mol. The minimum Gasteiger partial charge on any atom is -0.508 e. The number of benzene rings is 1. The van der Waals surface area contributed by atoms with Crippen molar-refractivity contribution in [3.05, 3.63) is 29.8 Å². The van der Waals surface area contributed by atoms with E-state index in [0.29, 0.717) is 18.2 Å². The maximum atomic E-state index is 12.1. The summed E-state index contributed by atoms with van der Waals surface area (Å²) in [5.74, 6) is 0.717. The predicted molar refractivity (Wildman–Crippen MR) is 97.4 cm³/mol. The van der Waals surface area contributed by atoms with Crippen LogP contribution in [-0.2, 0) is 11.2 Å². The highest BCUT2D eigenvalue weighted by Gasteiger charge is 2.27. The molecule has 0 aromatic heterocycles. The monoisotopic (exact) mass is 347 g/mol. The van der Waals surface area contributed by atoms with Gasteiger partial charge in [0.05, 0.1) is 6.04 Å². The number of nitrogens with one attached hydrogen (secondary N) is 2. The topological polar surface area (TPSA) is 81.7 Å². The molecule has 1 aliphatic heterocycles. The number of hydrogen-bond donors (Lipinski definition) is 3. The van der Waals surface area contributed by atoms with E-state index in [0.717, 1.165) is 38.8 Å². The van der Waals surface area contributed by atoms with Gasteiger partial charge in [0.15, 0.2) is 0 Å². The summed E-state index contributed by atoms with van der Waals surface area (Å²) in [5, 5.41) is 14.3. The number of phenols is 1. The van der Waals surface area contributed by atoms with Crippen molar-refractivity contribution in [3.8, 4) is 5.75 Å². The molecular formula is C19H29N3O3. The van der Waals surface area contributed by atoms with E-state index >= 15 is 0 Å². The normalized spacial score (nSPS) is 17.0. The van der Waals surface area contributed by atoms with E-state index in [2.05, 4.69) is 15.5 Å². The van der Waals surface area contributed by atoms with Gasteiger partial charge >= 0.3 is 6.03 Å². The molecule has 0 bridgehead atoms. The number of urea groups is 1. The molecule has 0 radical (unpaired) electrons. The Morgan fingerprint density at radius 2 is 1.88 bits per heavy atom. The smallest absolute Gasteiger partial charge is 0.321 e. The van der Waals surface area contributed by atoms with Crippen molar-refractivity contribution in [2.24, 2.45) is 5.92 Å². The molecule has 0 spiro atoms. The summed E-state index contributed by atoms with van der Waals surface area (Å²) in [4.78, 5) is 25.7. The standard InChI is InChI=1S/C19H29N3O3/c1-3-20-19(25)21-18(24)14(2)22-12-10-16(11-13-22)5-4-15-6-8-17(23)9-7-15/h6-9,14,16,23H,3-5,10-13H2,1-2H3,(H2,20,21,24,25)/t14-/m1/s1. The molecule has 138 valence electrons. The van der Waals surface area contributed by atoms with Crippen LogP contribution in [0.2, 0.25) is 0 Å². The lowest BCUT2D eigenvalue weighted by molar-refractivity contribution is -0.125. The second kappa shape index (κ2) is 9.42. The minimum absolute atomic E-state index is 0.242. The third-order valence-corrected chi connectivity index (χ3v) is 4.93. The van der Waals surface area contributed by atoms with Gasteiger partial charge in [-0.2, -0.15) is 0 Å². The first-order chi connectivity index (χ1) is 12.0. The highest BCUT2D eigenvalue weighted by Crippen LogP contribution is 2.24. The van der Waals surface area contributed by atoms with Gasteiger partial charge in [-0.05, 0) is 76.2 Å². The number of carbonyl (C=O) groups excluding carboxylic acids is 2. The van der Waals surface area contributed by atoms with E-state index < -0.39 is 6.03 Å². The van der Waals surface area contributed by atoms with Crippen LogP contribution in [-0.4, -0.2) is 47.6 Å². The van der Waals surface area contributed by atoms with Gasteiger partial charge in [0.2, 0.25) is 5.91 Å². The van der Waals surface area contributed by atoms with Crippen LogP contribution >= 0.6 is 0 Å². The van der Waals surface area contributed by atoms with Crippen LogP contribution < -0.4 is 10.6 Å². The van der Waals surface area contributed by atoms with Gasteiger partial charge in [0.1, 0.15) is 5.75 Å². The Labute approximate surface area is 149 Å². The lowest BCUT2D eigenvalue weighted by Crippen LogP contribution is -2.51. The van der Waals surface area contributed by atoms with Crippen LogP contribution in [0.4, 0.5) is 4.79 Å². The van der Waals surface area contributed by atoms with E-state index in [1.54, 1.807) is 12.1 Å². The minimum atomic E-state index is -0.428. The number of piperidine rings is 1. The van der Waals surface area contributed by atoms with Crippen LogP contribution in [0, 0.1) is 5.92 Å². The number of nitrogens with zero attached hydrogens (tertiary/aromatic N) is 1. The third kappa shape index (κ3) is 6.05. The Kier molecular flexibility index (Phi) is 7.25.